The maximum Gasteiger partial charge on any atom is 0.159 e. The van der Waals surface area contributed by atoms with Crippen LogP contribution in [0.3, 0.4) is 0 Å². The minimum Gasteiger partial charge on any atom is -0.489 e. The molecule has 0 radical (unpaired) electrons. The number of nitrogens with one attached hydrogen (secondary N) is 1. The highest BCUT2D eigenvalue weighted by Crippen LogP contribution is 2.48. The van der Waals surface area contributed by atoms with Gasteiger partial charge in [0.1, 0.15) is 16.7 Å². The maximum absolute atomic E-state index is 6.01. The molecule has 1 aromatic carbocycles. The lowest BCUT2D eigenvalue weighted by molar-refractivity contribution is 0.314. The fourth-order valence-electron chi connectivity index (χ4n) is 1.24. The summed E-state index contributed by atoms with van der Waals surface area (Å²) < 4.78 is 5.48. The molecule has 0 aromatic heterocycles. The lowest BCUT2D eigenvalue weighted by Gasteiger charge is -2.13. The van der Waals surface area contributed by atoms with Crippen molar-refractivity contribution in [3.8, 4) is 5.75 Å². The van der Waals surface area contributed by atoms with E-state index in [1.807, 2.05) is 0 Å². The molecule has 0 spiro atoms. The average Bonchev–Trinajstić information content (AvgIpc) is 2.37. The van der Waals surface area contributed by atoms with E-state index in [-0.39, 0.29) is 30.9 Å². The highest BCUT2D eigenvalue weighted by Gasteiger charge is 2.20. The molecule has 0 saturated heterocycles. The molecule has 1 aromatic rings. The molecule has 1 rings (SSSR count). The predicted octanol–water partition coefficient (Wildman–Crippen LogP) is 5.33. The number of hydrogen-bond acceptors (Lipinski definition) is 2. The average molecular weight is 351 g/mol. The zero-order valence-corrected chi connectivity index (χ0v) is 13.4. The van der Waals surface area contributed by atoms with Crippen LogP contribution >= 0.6 is 58.0 Å². The van der Waals surface area contributed by atoms with Gasteiger partial charge in [-0.05, 0) is 13.0 Å². The van der Waals surface area contributed by atoms with E-state index in [9.17, 15) is 0 Å². The zero-order valence-electron chi connectivity index (χ0n) is 9.63. The minimum atomic E-state index is 0.129. The van der Waals surface area contributed by atoms with Crippen LogP contribution in [-0.4, -0.2) is 19.7 Å². The summed E-state index contributed by atoms with van der Waals surface area (Å²) in [7, 11) is 0. The lowest BCUT2D eigenvalue weighted by atomic mass is 10.3. The molecule has 0 fully saturated rings. The molecule has 18 heavy (non-hydrogen) atoms. The Morgan fingerprint density at radius 2 is 1.33 bits per heavy atom. The lowest BCUT2D eigenvalue weighted by Crippen LogP contribution is -2.21. The van der Waals surface area contributed by atoms with Crippen molar-refractivity contribution in [2.24, 2.45) is 0 Å². The maximum atomic E-state index is 6.01. The third-order valence-electron chi connectivity index (χ3n) is 2.12. The van der Waals surface area contributed by atoms with Crippen molar-refractivity contribution in [3.05, 3.63) is 25.1 Å². The van der Waals surface area contributed by atoms with Gasteiger partial charge in [-0.25, -0.2) is 0 Å². The van der Waals surface area contributed by atoms with Gasteiger partial charge in [0.2, 0.25) is 0 Å². The summed E-state index contributed by atoms with van der Waals surface area (Å²) in [4.78, 5) is 0. The monoisotopic (exact) mass is 349 g/mol. The number of halogens is 5. The van der Waals surface area contributed by atoms with Crippen molar-refractivity contribution in [1.29, 1.82) is 0 Å². The molecular weight excluding hydrogens is 339 g/mol. The Kier molecular flexibility index (Phi) is 7.22. The van der Waals surface area contributed by atoms with E-state index >= 15 is 0 Å². The highest BCUT2D eigenvalue weighted by molar-refractivity contribution is 6.55. The predicted molar refractivity (Wildman–Crippen MR) is 80.1 cm³/mol. The SMILES string of the molecule is CCCNCCOc1c(Cl)c(Cl)c(Cl)c(Cl)c1Cl. The summed E-state index contributed by atoms with van der Waals surface area (Å²) in [6, 6.07) is 0. The Morgan fingerprint density at radius 3 is 1.83 bits per heavy atom. The molecule has 7 heteroatoms. The Hall–Kier alpha value is 0.430. The van der Waals surface area contributed by atoms with Crippen LogP contribution in [0.4, 0.5) is 0 Å². The second-order valence-electron chi connectivity index (χ2n) is 3.50. The van der Waals surface area contributed by atoms with Crippen LogP contribution in [-0.2, 0) is 0 Å². The van der Waals surface area contributed by atoms with Crippen LogP contribution in [0.1, 0.15) is 13.3 Å². The largest absolute Gasteiger partial charge is 0.489 e. The fourth-order valence-corrected chi connectivity index (χ4v) is 2.47. The Bertz CT molecular complexity index is 395. The van der Waals surface area contributed by atoms with Crippen LogP contribution in [0.2, 0.25) is 25.1 Å². The van der Waals surface area contributed by atoms with Gasteiger partial charge >= 0.3 is 0 Å². The molecule has 0 aliphatic rings. The summed E-state index contributed by atoms with van der Waals surface area (Å²) in [6.07, 6.45) is 1.06. The third-order valence-corrected chi connectivity index (χ3v) is 4.36. The van der Waals surface area contributed by atoms with Crippen LogP contribution in [0.15, 0.2) is 0 Å². The summed E-state index contributed by atoms with van der Waals surface area (Å²) in [6.45, 7) is 4.10. The van der Waals surface area contributed by atoms with E-state index in [0.717, 1.165) is 13.0 Å². The molecule has 102 valence electrons. The first kappa shape index (κ1) is 16.5. The van der Waals surface area contributed by atoms with E-state index in [4.69, 9.17) is 62.7 Å². The third kappa shape index (κ3) is 3.96. The molecule has 0 atom stereocenters. The molecule has 0 saturated carbocycles. The van der Waals surface area contributed by atoms with Crippen LogP contribution in [0.25, 0.3) is 0 Å². The highest BCUT2D eigenvalue weighted by atomic mass is 35.5. The van der Waals surface area contributed by atoms with Gasteiger partial charge in [0.25, 0.3) is 0 Å². The van der Waals surface area contributed by atoms with E-state index in [2.05, 4.69) is 12.2 Å². The zero-order chi connectivity index (χ0) is 13.7. The van der Waals surface area contributed by atoms with E-state index < -0.39 is 0 Å². The first-order chi connectivity index (χ1) is 8.50. The first-order valence-corrected chi connectivity index (χ1v) is 7.24. The summed E-state index contributed by atoms with van der Waals surface area (Å²) in [5.74, 6) is 0.260. The van der Waals surface area contributed by atoms with Crippen molar-refractivity contribution in [2.45, 2.75) is 13.3 Å². The van der Waals surface area contributed by atoms with E-state index in [1.54, 1.807) is 0 Å². The van der Waals surface area contributed by atoms with E-state index in [1.165, 1.54) is 0 Å². The molecule has 0 bridgehead atoms. The van der Waals surface area contributed by atoms with Gasteiger partial charge in [-0.2, -0.15) is 0 Å². The molecule has 0 heterocycles. The number of ether oxygens (including phenoxy) is 1. The number of hydrogen-bond donors (Lipinski definition) is 1. The number of rotatable bonds is 6. The number of benzene rings is 1. The molecule has 0 unspecified atom stereocenters. The topological polar surface area (TPSA) is 21.3 Å². The normalized spacial score (nSPS) is 10.8. The summed E-state index contributed by atoms with van der Waals surface area (Å²) >= 11 is 29.7. The van der Waals surface area contributed by atoms with Crippen LogP contribution < -0.4 is 10.1 Å². The van der Waals surface area contributed by atoms with Gasteiger partial charge in [0, 0.05) is 6.54 Å². The Morgan fingerprint density at radius 1 is 0.833 bits per heavy atom. The molecule has 0 aliphatic carbocycles. The first-order valence-electron chi connectivity index (χ1n) is 5.35. The van der Waals surface area contributed by atoms with Gasteiger partial charge in [-0.3, -0.25) is 0 Å². The van der Waals surface area contributed by atoms with Crippen LogP contribution in [0, 0.1) is 0 Å². The molecule has 0 amide bonds. The van der Waals surface area contributed by atoms with Gasteiger partial charge in [-0.15, -0.1) is 0 Å². The van der Waals surface area contributed by atoms with Crippen LogP contribution in [0.5, 0.6) is 5.75 Å². The fraction of sp³-hybridized carbons (Fsp3) is 0.455. The summed E-state index contributed by atoms with van der Waals surface area (Å²) in [5, 5.41) is 3.94. The Labute approximate surface area is 131 Å². The van der Waals surface area contributed by atoms with Crippen molar-refractivity contribution in [3.63, 3.8) is 0 Å². The standard InChI is InChI=1S/C11H12Cl5NO/c1-2-3-17-4-5-18-11-9(15)7(13)6(12)8(14)10(11)16/h17H,2-5H2,1H3. The van der Waals surface area contributed by atoms with E-state index in [0.29, 0.717) is 13.2 Å². The second-order valence-corrected chi connectivity index (χ2v) is 5.39. The van der Waals surface area contributed by atoms with Gasteiger partial charge < -0.3 is 10.1 Å². The smallest absolute Gasteiger partial charge is 0.159 e. The summed E-state index contributed by atoms with van der Waals surface area (Å²) in [5.41, 5.74) is 0. The molecule has 1 N–H and O–H groups in total. The van der Waals surface area contributed by atoms with Crippen molar-refractivity contribution < 1.29 is 4.74 Å². The van der Waals surface area contributed by atoms with Crippen molar-refractivity contribution in [2.75, 3.05) is 19.7 Å². The Balaban J connectivity index is 2.77. The van der Waals surface area contributed by atoms with Crippen molar-refractivity contribution in [1.82, 2.24) is 5.32 Å². The molecule has 2 nitrogen and oxygen atoms in total. The molecule has 0 aliphatic heterocycles. The minimum absolute atomic E-state index is 0.129. The van der Waals surface area contributed by atoms with Gasteiger partial charge in [-0.1, -0.05) is 64.9 Å². The molecular formula is C11H12Cl5NO. The van der Waals surface area contributed by atoms with Gasteiger partial charge in [0.15, 0.2) is 5.75 Å². The second kappa shape index (κ2) is 7.88. The quantitative estimate of drug-likeness (QED) is 0.425. The van der Waals surface area contributed by atoms with Gasteiger partial charge in [0.05, 0.1) is 15.1 Å². The van der Waals surface area contributed by atoms with Crippen molar-refractivity contribution >= 4 is 58.0 Å².